The van der Waals surface area contributed by atoms with Crippen LogP contribution in [-0.2, 0) is 11.3 Å². The van der Waals surface area contributed by atoms with Crippen LogP contribution >= 0.6 is 11.6 Å². The number of hydrogen-bond acceptors (Lipinski definition) is 6. The molecule has 0 aliphatic rings. The second-order valence-corrected chi connectivity index (χ2v) is 4.82. The first-order chi connectivity index (χ1) is 10.7. The lowest BCUT2D eigenvalue weighted by Gasteiger charge is -2.11. The molecule has 2 N–H and O–H groups in total. The molecule has 118 valence electrons. The Morgan fingerprint density at radius 1 is 1.18 bits per heavy atom. The Bertz CT molecular complexity index is 593. The molecule has 0 unspecified atom stereocenters. The van der Waals surface area contributed by atoms with Crippen molar-refractivity contribution in [2.75, 3.05) is 37.9 Å². The molecule has 22 heavy (non-hydrogen) atoms. The molecule has 0 bridgehead atoms. The van der Waals surface area contributed by atoms with E-state index in [1.54, 1.807) is 14.2 Å². The molecular weight excluding hydrogens is 304 g/mol. The van der Waals surface area contributed by atoms with Crippen LogP contribution in [0.1, 0.15) is 5.56 Å². The van der Waals surface area contributed by atoms with Crippen LogP contribution in [0.4, 0.5) is 11.5 Å². The zero-order chi connectivity index (χ0) is 15.8. The quantitative estimate of drug-likeness (QED) is 0.575. The number of methoxy groups -OCH3 is 1. The van der Waals surface area contributed by atoms with E-state index in [-0.39, 0.29) is 0 Å². The molecule has 1 heterocycles. The number of ether oxygens (including phenoxy) is 2. The molecule has 0 saturated heterocycles. The minimum Gasteiger partial charge on any atom is -0.497 e. The molecule has 1 aromatic heterocycles. The Hall–Kier alpha value is -2.05. The van der Waals surface area contributed by atoms with E-state index in [0.717, 1.165) is 11.3 Å². The Balaban J connectivity index is 1.74. The Kier molecular flexibility index (Phi) is 6.24. The van der Waals surface area contributed by atoms with Crippen molar-refractivity contribution >= 4 is 23.1 Å². The zero-order valence-electron chi connectivity index (χ0n) is 12.6. The van der Waals surface area contributed by atoms with Gasteiger partial charge in [-0.05, 0) is 17.7 Å². The van der Waals surface area contributed by atoms with Crippen LogP contribution in [-0.4, -0.2) is 37.3 Å². The molecule has 0 atom stereocenters. The van der Waals surface area contributed by atoms with Crippen LogP contribution in [0.2, 0.25) is 5.15 Å². The van der Waals surface area contributed by atoms with Gasteiger partial charge in [-0.2, -0.15) is 0 Å². The summed E-state index contributed by atoms with van der Waals surface area (Å²) < 4.78 is 10.7. The fourth-order valence-corrected chi connectivity index (χ4v) is 2.10. The normalized spacial score (nSPS) is 10.3. The molecular formula is C15H19ClN4O2. The van der Waals surface area contributed by atoms with Crippen LogP contribution in [0, 0.1) is 0 Å². The minimum atomic E-state index is 0.388. The lowest BCUT2D eigenvalue weighted by Crippen LogP contribution is -2.12. The maximum Gasteiger partial charge on any atom is 0.157 e. The van der Waals surface area contributed by atoms with Crippen LogP contribution < -0.4 is 15.4 Å². The summed E-state index contributed by atoms with van der Waals surface area (Å²) >= 11 is 5.98. The molecule has 0 spiro atoms. The van der Waals surface area contributed by atoms with Crippen LogP contribution in [0.25, 0.3) is 0 Å². The third kappa shape index (κ3) is 4.47. The summed E-state index contributed by atoms with van der Waals surface area (Å²) in [6.07, 6.45) is 1.42. The summed E-state index contributed by atoms with van der Waals surface area (Å²) in [6.45, 7) is 1.73. The molecule has 2 aromatic rings. The third-order valence-electron chi connectivity index (χ3n) is 3.02. The number of benzene rings is 1. The van der Waals surface area contributed by atoms with Gasteiger partial charge in [-0.15, -0.1) is 0 Å². The molecule has 0 radical (unpaired) electrons. The summed E-state index contributed by atoms with van der Waals surface area (Å²) in [4.78, 5) is 8.07. The lowest BCUT2D eigenvalue weighted by molar-refractivity contribution is 0.130. The van der Waals surface area contributed by atoms with E-state index in [0.29, 0.717) is 36.4 Å². The summed E-state index contributed by atoms with van der Waals surface area (Å²) in [5, 5.41) is 6.52. The van der Waals surface area contributed by atoms with Crippen molar-refractivity contribution in [1.29, 1.82) is 0 Å². The first-order valence-electron chi connectivity index (χ1n) is 6.87. The van der Waals surface area contributed by atoms with Gasteiger partial charge in [0.2, 0.25) is 0 Å². The van der Waals surface area contributed by atoms with E-state index >= 15 is 0 Å². The van der Waals surface area contributed by atoms with E-state index in [2.05, 4.69) is 20.6 Å². The summed E-state index contributed by atoms with van der Waals surface area (Å²) in [6, 6.07) is 7.79. The zero-order valence-corrected chi connectivity index (χ0v) is 13.4. The minimum absolute atomic E-state index is 0.388. The largest absolute Gasteiger partial charge is 0.497 e. The van der Waals surface area contributed by atoms with Gasteiger partial charge >= 0.3 is 0 Å². The molecule has 0 fully saturated rings. The Morgan fingerprint density at radius 2 is 1.95 bits per heavy atom. The van der Waals surface area contributed by atoms with Crippen molar-refractivity contribution in [3.8, 4) is 5.75 Å². The SMILES string of the molecule is CNc1c(Cl)ncnc1NCCOCc1ccc(OC)cc1. The van der Waals surface area contributed by atoms with Crippen LogP contribution in [0.5, 0.6) is 5.75 Å². The second kappa shape index (κ2) is 8.41. The molecule has 0 saturated carbocycles. The highest BCUT2D eigenvalue weighted by Gasteiger charge is 2.07. The Morgan fingerprint density at radius 3 is 2.64 bits per heavy atom. The van der Waals surface area contributed by atoms with Gasteiger partial charge in [0.25, 0.3) is 0 Å². The second-order valence-electron chi connectivity index (χ2n) is 4.47. The van der Waals surface area contributed by atoms with Crippen molar-refractivity contribution in [3.05, 3.63) is 41.3 Å². The van der Waals surface area contributed by atoms with E-state index in [1.165, 1.54) is 6.33 Å². The molecule has 0 aliphatic carbocycles. The van der Waals surface area contributed by atoms with E-state index in [1.807, 2.05) is 24.3 Å². The lowest BCUT2D eigenvalue weighted by atomic mass is 10.2. The van der Waals surface area contributed by atoms with Crippen molar-refractivity contribution in [2.45, 2.75) is 6.61 Å². The van der Waals surface area contributed by atoms with Gasteiger partial charge in [0.15, 0.2) is 11.0 Å². The van der Waals surface area contributed by atoms with Gasteiger partial charge in [0, 0.05) is 13.6 Å². The topological polar surface area (TPSA) is 68.3 Å². The van der Waals surface area contributed by atoms with Gasteiger partial charge in [0.05, 0.1) is 20.3 Å². The predicted octanol–water partition coefficient (Wildman–Crippen LogP) is 2.81. The number of anilines is 2. The number of aromatic nitrogens is 2. The van der Waals surface area contributed by atoms with Crippen molar-refractivity contribution in [3.63, 3.8) is 0 Å². The number of nitrogens with one attached hydrogen (secondary N) is 2. The molecule has 1 aromatic carbocycles. The summed E-state index contributed by atoms with van der Waals surface area (Å²) in [5.41, 5.74) is 1.78. The average molecular weight is 323 g/mol. The monoisotopic (exact) mass is 322 g/mol. The van der Waals surface area contributed by atoms with E-state index in [4.69, 9.17) is 21.1 Å². The third-order valence-corrected chi connectivity index (χ3v) is 3.30. The maximum atomic E-state index is 5.98. The number of hydrogen-bond donors (Lipinski definition) is 2. The fourth-order valence-electron chi connectivity index (χ4n) is 1.87. The highest BCUT2D eigenvalue weighted by Crippen LogP contribution is 2.24. The molecule has 2 rings (SSSR count). The van der Waals surface area contributed by atoms with Crippen molar-refractivity contribution in [2.24, 2.45) is 0 Å². The van der Waals surface area contributed by atoms with Gasteiger partial charge < -0.3 is 20.1 Å². The highest BCUT2D eigenvalue weighted by atomic mass is 35.5. The highest BCUT2D eigenvalue weighted by molar-refractivity contribution is 6.32. The number of nitrogens with zero attached hydrogens (tertiary/aromatic N) is 2. The number of halogens is 1. The fraction of sp³-hybridized carbons (Fsp3) is 0.333. The van der Waals surface area contributed by atoms with Gasteiger partial charge in [-0.3, -0.25) is 0 Å². The van der Waals surface area contributed by atoms with Crippen LogP contribution in [0.15, 0.2) is 30.6 Å². The van der Waals surface area contributed by atoms with Gasteiger partial charge in [-0.1, -0.05) is 23.7 Å². The summed E-state index contributed by atoms with van der Waals surface area (Å²) in [7, 11) is 3.42. The van der Waals surface area contributed by atoms with E-state index in [9.17, 15) is 0 Å². The average Bonchev–Trinajstić information content (AvgIpc) is 2.55. The van der Waals surface area contributed by atoms with Crippen LogP contribution in [0.3, 0.4) is 0 Å². The summed E-state index contributed by atoms with van der Waals surface area (Å²) in [5.74, 6) is 1.50. The maximum absolute atomic E-state index is 5.98. The van der Waals surface area contributed by atoms with E-state index < -0.39 is 0 Å². The Labute approximate surface area is 134 Å². The van der Waals surface area contributed by atoms with Crippen molar-refractivity contribution < 1.29 is 9.47 Å². The molecule has 0 aliphatic heterocycles. The number of rotatable bonds is 8. The first kappa shape index (κ1) is 16.3. The first-order valence-corrected chi connectivity index (χ1v) is 7.25. The predicted molar refractivity (Wildman–Crippen MR) is 87.7 cm³/mol. The molecule has 7 heteroatoms. The van der Waals surface area contributed by atoms with Gasteiger partial charge in [-0.25, -0.2) is 9.97 Å². The molecule has 0 amide bonds. The standard InChI is InChI=1S/C15H19ClN4O2/c1-17-13-14(16)19-10-20-15(13)18-7-8-22-9-11-3-5-12(21-2)6-4-11/h3-6,10,17H,7-9H2,1-2H3,(H,18,19,20). The smallest absolute Gasteiger partial charge is 0.157 e. The van der Waals surface area contributed by atoms with Gasteiger partial charge in [0.1, 0.15) is 17.8 Å². The molecule has 6 nitrogen and oxygen atoms in total. The van der Waals surface area contributed by atoms with Crippen molar-refractivity contribution in [1.82, 2.24) is 9.97 Å².